The molecule has 1 aliphatic heterocycles. The molecule has 0 saturated carbocycles. The van der Waals surface area contributed by atoms with E-state index in [2.05, 4.69) is 11.4 Å². The monoisotopic (exact) mass is 244 g/mol. The number of nitriles is 1. The lowest BCUT2D eigenvalue weighted by molar-refractivity contribution is -0.122. The summed E-state index contributed by atoms with van der Waals surface area (Å²) in [5.74, 6) is 0.618. The van der Waals surface area contributed by atoms with Crippen molar-refractivity contribution in [1.29, 1.82) is 5.26 Å². The number of nitrogens with zero attached hydrogens (tertiary/aromatic N) is 1. The van der Waals surface area contributed by atoms with Crippen LogP contribution in [0.5, 0.6) is 5.75 Å². The van der Waals surface area contributed by atoms with E-state index in [0.717, 1.165) is 36.3 Å². The fraction of sp³-hybridized carbons (Fsp3) is 0.429. The Morgan fingerprint density at radius 2 is 2.28 bits per heavy atom. The van der Waals surface area contributed by atoms with Gasteiger partial charge in [-0.15, -0.1) is 0 Å². The van der Waals surface area contributed by atoms with Gasteiger partial charge < -0.3 is 10.1 Å². The highest BCUT2D eigenvalue weighted by molar-refractivity contribution is 5.97. The van der Waals surface area contributed by atoms with E-state index in [-0.39, 0.29) is 5.91 Å². The lowest BCUT2D eigenvalue weighted by atomic mass is 10.1. The highest BCUT2D eigenvalue weighted by Crippen LogP contribution is 2.30. The summed E-state index contributed by atoms with van der Waals surface area (Å²) in [7, 11) is 0. The van der Waals surface area contributed by atoms with Crippen LogP contribution in [0.25, 0.3) is 0 Å². The van der Waals surface area contributed by atoms with Crippen molar-refractivity contribution >= 4 is 11.6 Å². The Hall–Kier alpha value is -2.02. The molecule has 0 radical (unpaired) electrons. The minimum absolute atomic E-state index is 0.107. The molecule has 0 spiro atoms. The normalized spacial score (nSPS) is 17.3. The zero-order chi connectivity index (χ0) is 13.0. The Balaban J connectivity index is 2.02. The molecule has 1 atom stereocenters. The summed E-state index contributed by atoms with van der Waals surface area (Å²) < 4.78 is 5.49. The molecule has 2 rings (SSSR count). The highest BCUT2D eigenvalue weighted by atomic mass is 16.5. The van der Waals surface area contributed by atoms with Crippen LogP contribution in [-0.2, 0) is 11.2 Å². The predicted molar refractivity (Wildman–Crippen MR) is 68.3 cm³/mol. The van der Waals surface area contributed by atoms with E-state index in [9.17, 15) is 4.79 Å². The van der Waals surface area contributed by atoms with E-state index in [4.69, 9.17) is 10.00 Å². The van der Waals surface area contributed by atoms with Crippen molar-refractivity contribution in [2.45, 2.75) is 38.7 Å². The third-order valence-corrected chi connectivity index (χ3v) is 2.98. The number of fused-ring (bicyclic) bond motifs is 1. The molecule has 4 nitrogen and oxygen atoms in total. The molecule has 0 aliphatic carbocycles. The average molecular weight is 244 g/mol. The average Bonchev–Trinajstić information content (AvgIpc) is 2.36. The smallest absolute Gasteiger partial charge is 0.265 e. The molecular weight excluding hydrogens is 228 g/mol. The number of carbonyl (C=O) groups excluding carboxylic acids is 1. The number of unbranched alkanes of at least 4 members (excludes halogenated alkanes) is 2. The van der Waals surface area contributed by atoms with Crippen molar-refractivity contribution in [3.63, 3.8) is 0 Å². The van der Waals surface area contributed by atoms with Gasteiger partial charge in [-0.25, -0.2) is 0 Å². The van der Waals surface area contributed by atoms with E-state index in [0.29, 0.717) is 6.42 Å². The third kappa shape index (κ3) is 2.80. The summed E-state index contributed by atoms with van der Waals surface area (Å²) in [6.45, 7) is 1.73. The highest BCUT2D eigenvalue weighted by Gasteiger charge is 2.23. The number of benzene rings is 1. The standard InChI is InChI=1S/C14H16N2O2/c1-10-14(17)16-12-9-11(5-3-2-4-8-15)6-7-13(12)18-10/h6-7,9-10H,2-5H2,1H3,(H,16,17). The minimum atomic E-state index is -0.432. The van der Waals surface area contributed by atoms with Crippen LogP contribution in [0, 0.1) is 11.3 Å². The summed E-state index contributed by atoms with van der Waals surface area (Å²) in [6.07, 6.45) is 2.98. The van der Waals surface area contributed by atoms with Gasteiger partial charge in [0.05, 0.1) is 11.8 Å². The fourth-order valence-electron chi connectivity index (χ4n) is 1.94. The number of ether oxygens (including phenoxy) is 1. The maximum absolute atomic E-state index is 11.5. The zero-order valence-corrected chi connectivity index (χ0v) is 10.4. The molecule has 0 bridgehead atoms. The summed E-state index contributed by atoms with van der Waals surface area (Å²) in [5.41, 5.74) is 1.90. The van der Waals surface area contributed by atoms with Gasteiger partial charge in [0.15, 0.2) is 6.10 Å². The maximum atomic E-state index is 11.5. The van der Waals surface area contributed by atoms with Gasteiger partial charge in [0.2, 0.25) is 0 Å². The number of hydrogen-bond acceptors (Lipinski definition) is 3. The Bertz CT molecular complexity index is 491. The molecule has 0 saturated heterocycles. The first kappa shape index (κ1) is 12.4. The SMILES string of the molecule is CC1Oc2ccc(CCCCC#N)cc2NC1=O. The largest absolute Gasteiger partial charge is 0.479 e. The maximum Gasteiger partial charge on any atom is 0.265 e. The van der Waals surface area contributed by atoms with Crippen molar-refractivity contribution in [2.24, 2.45) is 0 Å². The Morgan fingerprint density at radius 1 is 1.44 bits per heavy atom. The number of hydrogen-bond donors (Lipinski definition) is 1. The second kappa shape index (κ2) is 5.54. The quantitative estimate of drug-likeness (QED) is 0.828. The first-order valence-electron chi connectivity index (χ1n) is 6.18. The molecule has 0 aromatic heterocycles. The molecule has 18 heavy (non-hydrogen) atoms. The second-order valence-corrected chi connectivity index (χ2v) is 4.45. The second-order valence-electron chi connectivity index (χ2n) is 4.45. The Kier molecular flexibility index (Phi) is 3.83. The van der Waals surface area contributed by atoms with Gasteiger partial charge in [0.1, 0.15) is 5.75 Å². The molecule has 94 valence electrons. The molecular formula is C14H16N2O2. The Labute approximate surface area is 107 Å². The number of carbonyl (C=O) groups is 1. The van der Waals surface area contributed by atoms with Crippen molar-refractivity contribution in [1.82, 2.24) is 0 Å². The lowest BCUT2D eigenvalue weighted by Gasteiger charge is -2.23. The fourth-order valence-corrected chi connectivity index (χ4v) is 1.94. The molecule has 1 aromatic rings. The van der Waals surface area contributed by atoms with Gasteiger partial charge >= 0.3 is 0 Å². The van der Waals surface area contributed by atoms with Gasteiger partial charge in [-0.05, 0) is 43.9 Å². The third-order valence-electron chi connectivity index (χ3n) is 2.98. The lowest BCUT2D eigenvalue weighted by Crippen LogP contribution is -2.34. The number of rotatable bonds is 4. The molecule has 0 fully saturated rings. The van der Waals surface area contributed by atoms with Crippen LogP contribution in [0.3, 0.4) is 0 Å². The Morgan fingerprint density at radius 3 is 3.06 bits per heavy atom. The van der Waals surface area contributed by atoms with E-state index in [1.807, 2.05) is 18.2 Å². The van der Waals surface area contributed by atoms with Crippen LogP contribution < -0.4 is 10.1 Å². The minimum Gasteiger partial charge on any atom is -0.479 e. The molecule has 1 N–H and O–H groups in total. The van der Waals surface area contributed by atoms with Crippen molar-refractivity contribution < 1.29 is 9.53 Å². The summed E-state index contributed by atoms with van der Waals surface area (Å²) in [4.78, 5) is 11.5. The van der Waals surface area contributed by atoms with Crippen molar-refractivity contribution in [3.05, 3.63) is 23.8 Å². The van der Waals surface area contributed by atoms with E-state index >= 15 is 0 Å². The van der Waals surface area contributed by atoms with Gasteiger partial charge in [-0.1, -0.05) is 6.07 Å². The number of nitrogens with one attached hydrogen (secondary N) is 1. The van der Waals surface area contributed by atoms with Crippen LogP contribution in [-0.4, -0.2) is 12.0 Å². The van der Waals surface area contributed by atoms with Gasteiger partial charge in [0.25, 0.3) is 5.91 Å². The summed E-state index contributed by atoms with van der Waals surface area (Å²) in [6, 6.07) is 7.99. The number of aryl methyl sites for hydroxylation is 1. The van der Waals surface area contributed by atoms with Gasteiger partial charge in [-0.2, -0.15) is 5.26 Å². The van der Waals surface area contributed by atoms with Crippen LogP contribution in [0.4, 0.5) is 5.69 Å². The molecule has 4 heteroatoms. The van der Waals surface area contributed by atoms with Crippen LogP contribution in [0.15, 0.2) is 18.2 Å². The summed E-state index contributed by atoms with van der Waals surface area (Å²) in [5, 5.41) is 11.3. The predicted octanol–water partition coefficient (Wildman–Crippen LogP) is 2.64. The van der Waals surface area contributed by atoms with Crippen LogP contribution in [0.1, 0.15) is 31.7 Å². The van der Waals surface area contributed by atoms with Crippen LogP contribution in [0.2, 0.25) is 0 Å². The molecule has 1 aromatic carbocycles. The first-order valence-corrected chi connectivity index (χ1v) is 6.18. The molecule has 1 unspecified atom stereocenters. The first-order chi connectivity index (χ1) is 8.70. The van der Waals surface area contributed by atoms with E-state index < -0.39 is 6.10 Å². The van der Waals surface area contributed by atoms with Crippen molar-refractivity contribution in [2.75, 3.05) is 5.32 Å². The van der Waals surface area contributed by atoms with Crippen LogP contribution >= 0.6 is 0 Å². The van der Waals surface area contributed by atoms with E-state index in [1.54, 1.807) is 6.92 Å². The zero-order valence-electron chi connectivity index (χ0n) is 10.4. The topological polar surface area (TPSA) is 62.1 Å². The van der Waals surface area contributed by atoms with Gasteiger partial charge in [0, 0.05) is 6.42 Å². The van der Waals surface area contributed by atoms with Crippen molar-refractivity contribution in [3.8, 4) is 11.8 Å². The molecule has 1 aliphatic rings. The number of amides is 1. The molecule has 1 amide bonds. The van der Waals surface area contributed by atoms with Gasteiger partial charge in [-0.3, -0.25) is 4.79 Å². The number of anilines is 1. The van der Waals surface area contributed by atoms with E-state index in [1.165, 1.54) is 0 Å². The summed E-state index contributed by atoms with van der Waals surface area (Å²) >= 11 is 0. The molecule has 1 heterocycles.